The summed E-state index contributed by atoms with van der Waals surface area (Å²) in [5.41, 5.74) is 1.50. The highest BCUT2D eigenvalue weighted by Crippen LogP contribution is 2.38. The number of nitrogens with one attached hydrogen (secondary N) is 2. The Bertz CT molecular complexity index is 1550. The molecular formula is C31H42F3N9O3. The Balaban J connectivity index is 1.36. The van der Waals surface area contributed by atoms with Gasteiger partial charge in [0.2, 0.25) is 5.91 Å². The van der Waals surface area contributed by atoms with Crippen LogP contribution < -0.4 is 15.5 Å². The van der Waals surface area contributed by atoms with E-state index in [0.29, 0.717) is 60.8 Å². The molecule has 1 aliphatic carbocycles. The van der Waals surface area contributed by atoms with Crippen LogP contribution in [0, 0.1) is 23.7 Å². The number of anilines is 1. The third-order valence-electron chi connectivity index (χ3n) is 9.67. The predicted octanol–water partition coefficient (Wildman–Crippen LogP) is 3.72. The topological polar surface area (TPSA) is 132 Å². The van der Waals surface area contributed by atoms with Gasteiger partial charge >= 0.3 is 6.18 Å². The van der Waals surface area contributed by atoms with E-state index >= 15 is 0 Å². The van der Waals surface area contributed by atoms with Crippen LogP contribution in [-0.2, 0) is 22.5 Å². The molecule has 0 aromatic carbocycles. The molecular weight excluding hydrogens is 603 g/mol. The Labute approximate surface area is 265 Å². The van der Waals surface area contributed by atoms with Crippen molar-refractivity contribution in [3.63, 3.8) is 0 Å². The summed E-state index contributed by atoms with van der Waals surface area (Å²) in [6, 6.07) is 1.29. The molecule has 4 atom stereocenters. The van der Waals surface area contributed by atoms with Crippen molar-refractivity contribution in [1.82, 2.24) is 40.0 Å². The largest absolute Gasteiger partial charge is 0.393 e. The van der Waals surface area contributed by atoms with E-state index in [1.807, 2.05) is 18.7 Å². The SMILES string of the molecule is CCn1nccc1C(=O)N[C@H](c1cn2nc(C[C@H]3C[C@@H](C(F)(F)F)CNC3=O)c(N3CCO[C@@H](C)C3)nc2n1)C1CCC(C)CC1. The molecule has 15 heteroatoms. The summed E-state index contributed by atoms with van der Waals surface area (Å²) >= 11 is 0. The van der Waals surface area contributed by atoms with Gasteiger partial charge in [-0.2, -0.15) is 28.4 Å². The first kappa shape index (κ1) is 32.2. The van der Waals surface area contributed by atoms with Gasteiger partial charge in [0.25, 0.3) is 11.7 Å². The van der Waals surface area contributed by atoms with Crippen LogP contribution in [0.25, 0.3) is 5.78 Å². The van der Waals surface area contributed by atoms with Gasteiger partial charge in [0.05, 0.1) is 36.6 Å². The monoisotopic (exact) mass is 645 g/mol. The van der Waals surface area contributed by atoms with Crippen molar-refractivity contribution in [2.24, 2.45) is 23.7 Å². The van der Waals surface area contributed by atoms with Crippen molar-refractivity contribution >= 4 is 23.4 Å². The fourth-order valence-corrected chi connectivity index (χ4v) is 7.01. The molecule has 2 amide bonds. The van der Waals surface area contributed by atoms with Crippen LogP contribution in [0.2, 0.25) is 0 Å². The number of alkyl halides is 3. The van der Waals surface area contributed by atoms with Crippen LogP contribution in [0.5, 0.6) is 0 Å². The van der Waals surface area contributed by atoms with Gasteiger partial charge in [-0.15, -0.1) is 0 Å². The number of carbonyl (C=O) groups excluding carboxylic acids is 2. The molecule has 2 N–H and O–H groups in total. The minimum atomic E-state index is -4.41. The van der Waals surface area contributed by atoms with Gasteiger partial charge in [-0.1, -0.05) is 19.8 Å². The first-order valence-electron chi connectivity index (χ1n) is 16.3. The summed E-state index contributed by atoms with van der Waals surface area (Å²) in [6.07, 6.45) is 2.47. The minimum absolute atomic E-state index is 0.00236. The lowest BCUT2D eigenvalue weighted by Crippen LogP contribution is -2.47. The van der Waals surface area contributed by atoms with E-state index < -0.39 is 36.5 Å². The zero-order valence-electron chi connectivity index (χ0n) is 26.5. The van der Waals surface area contributed by atoms with E-state index in [1.165, 1.54) is 4.52 Å². The summed E-state index contributed by atoms with van der Waals surface area (Å²) in [5.74, 6) is -1.64. The van der Waals surface area contributed by atoms with E-state index in [0.717, 1.165) is 25.7 Å². The Morgan fingerprint density at radius 3 is 2.70 bits per heavy atom. The lowest BCUT2D eigenvalue weighted by molar-refractivity contribution is -0.183. The Morgan fingerprint density at radius 2 is 1.98 bits per heavy atom. The number of carbonyl (C=O) groups is 2. The number of aromatic nitrogens is 6. The number of fused-ring (bicyclic) bond motifs is 1. The van der Waals surface area contributed by atoms with Gasteiger partial charge in [0, 0.05) is 44.7 Å². The smallest absolute Gasteiger partial charge is 0.375 e. The molecule has 0 spiro atoms. The maximum Gasteiger partial charge on any atom is 0.393 e. The van der Waals surface area contributed by atoms with Crippen LogP contribution in [0.4, 0.5) is 19.0 Å². The number of nitrogens with zero attached hydrogens (tertiary/aromatic N) is 7. The maximum atomic E-state index is 13.6. The van der Waals surface area contributed by atoms with Crippen molar-refractivity contribution in [3.05, 3.63) is 35.5 Å². The summed E-state index contributed by atoms with van der Waals surface area (Å²) in [7, 11) is 0. The van der Waals surface area contributed by atoms with Crippen molar-refractivity contribution in [2.45, 2.75) is 84.2 Å². The van der Waals surface area contributed by atoms with Gasteiger partial charge in [0.1, 0.15) is 11.4 Å². The van der Waals surface area contributed by atoms with Crippen LogP contribution in [0.1, 0.15) is 80.8 Å². The Hall–Kier alpha value is -3.75. The third kappa shape index (κ3) is 6.83. The molecule has 3 fully saturated rings. The predicted molar refractivity (Wildman–Crippen MR) is 162 cm³/mol. The molecule has 2 saturated heterocycles. The van der Waals surface area contributed by atoms with Crippen LogP contribution in [0.3, 0.4) is 0 Å². The Kier molecular flexibility index (Phi) is 9.22. The number of hydrogen-bond donors (Lipinski definition) is 2. The summed E-state index contributed by atoms with van der Waals surface area (Å²) in [4.78, 5) is 38.1. The van der Waals surface area contributed by atoms with Crippen LogP contribution in [0.15, 0.2) is 18.5 Å². The highest BCUT2D eigenvalue weighted by molar-refractivity contribution is 5.92. The molecule has 0 unspecified atom stereocenters. The lowest BCUT2D eigenvalue weighted by Gasteiger charge is -2.34. The molecule has 3 aromatic heterocycles. The fourth-order valence-electron chi connectivity index (χ4n) is 7.01. The van der Waals surface area contributed by atoms with E-state index in [-0.39, 0.29) is 30.8 Å². The number of hydrogen-bond acceptors (Lipinski definition) is 8. The molecule has 12 nitrogen and oxygen atoms in total. The molecule has 0 radical (unpaired) electrons. The highest BCUT2D eigenvalue weighted by atomic mass is 19.4. The van der Waals surface area contributed by atoms with Gasteiger partial charge in [-0.3, -0.25) is 14.3 Å². The molecule has 5 heterocycles. The van der Waals surface area contributed by atoms with Gasteiger partial charge in [-0.05, 0) is 51.0 Å². The number of rotatable bonds is 8. The fraction of sp³-hybridized carbons (Fsp3) is 0.677. The van der Waals surface area contributed by atoms with Crippen molar-refractivity contribution in [2.75, 3.05) is 31.1 Å². The molecule has 2 aliphatic heterocycles. The van der Waals surface area contributed by atoms with Gasteiger partial charge < -0.3 is 20.3 Å². The average molecular weight is 646 g/mol. The van der Waals surface area contributed by atoms with Crippen LogP contribution >= 0.6 is 0 Å². The number of imidazole rings is 1. The number of amides is 2. The van der Waals surface area contributed by atoms with Crippen molar-refractivity contribution in [1.29, 1.82) is 0 Å². The molecule has 250 valence electrons. The second kappa shape index (κ2) is 13.2. The Morgan fingerprint density at radius 1 is 1.20 bits per heavy atom. The third-order valence-corrected chi connectivity index (χ3v) is 9.67. The molecule has 3 aromatic rings. The minimum Gasteiger partial charge on any atom is -0.375 e. The maximum absolute atomic E-state index is 13.6. The zero-order chi connectivity index (χ0) is 32.6. The van der Waals surface area contributed by atoms with Gasteiger partial charge in [-0.25, -0.2) is 9.50 Å². The molecule has 0 bridgehead atoms. The number of morpholine rings is 1. The van der Waals surface area contributed by atoms with E-state index in [9.17, 15) is 22.8 Å². The summed E-state index contributed by atoms with van der Waals surface area (Å²) in [6.45, 7) is 7.72. The summed E-state index contributed by atoms with van der Waals surface area (Å²) in [5, 5.41) is 14.7. The first-order valence-corrected chi connectivity index (χ1v) is 16.3. The summed E-state index contributed by atoms with van der Waals surface area (Å²) < 4.78 is 49.8. The van der Waals surface area contributed by atoms with Gasteiger partial charge in [0.15, 0.2) is 5.82 Å². The van der Waals surface area contributed by atoms with E-state index in [4.69, 9.17) is 19.8 Å². The number of halogens is 3. The number of piperidine rings is 1. The second-order valence-corrected chi connectivity index (χ2v) is 13.0. The molecule has 3 aliphatic rings. The van der Waals surface area contributed by atoms with E-state index in [1.54, 1.807) is 23.1 Å². The lowest BCUT2D eigenvalue weighted by atomic mass is 9.78. The van der Waals surface area contributed by atoms with Crippen molar-refractivity contribution < 1.29 is 27.5 Å². The molecule has 6 rings (SSSR count). The highest BCUT2D eigenvalue weighted by Gasteiger charge is 2.45. The number of aryl methyl sites for hydroxylation is 1. The van der Waals surface area contributed by atoms with E-state index in [2.05, 4.69) is 22.7 Å². The second-order valence-electron chi connectivity index (χ2n) is 13.0. The molecule has 1 saturated carbocycles. The quantitative estimate of drug-likeness (QED) is 0.379. The van der Waals surface area contributed by atoms with Crippen LogP contribution in [-0.4, -0.2) is 79.7 Å². The normalized spacial score (nSPS) is 26.6. The molecule has 46 heavy (non-hydrogen) atoms. The standard InChI is InChI=1S/C31H42F3N9O3/c1-4-42-25(9-10-36-42)29(45)38-26(20-7-5-18(2)6-8-20)24-17-43-30(37-24)39-27(41-11-12-46-19(3)16-41)23(40-43)14-21-13-22(31(32,33)34)15-35-28(21)44/h9-10,17-22,26H,4-8,11-16H2,1-3H3,(H,35,44)(H,38,45)/t18?,19-,20?,21+,22+,26-/m0/s1. The average Bonchev–Trinajstić information content (AvgIpc) is 3.67. The number of ether oxygens (including phenoxy) is 1. The first-order chi connectivity index (χ1) is 22.0. The zero-order valence-corrected chi connectivity index (χ0v) is 26.5. The van der Waals surface area contributed by atoms with Crippen molar-refractivity contribution in [3.8, 4) is 0 Å².